The van der Waals surface area contributed by atoms with E-state index in [0.29, 0.717) is 23.3 Å². The molecule has 0 atom stereocenters. The number of benzene rings is 1. The molecule has 0 aliphatic carbocycles. The average molecular weight is 438 g/mol. The van der Waals surface area contributed by atoms with Crippen molar-refractivity contribution in [1.82, 2.24) is 14.8 Å². The van der Waals surface area contributed by atoms with Gasteiger partial charge in [-0.05, 0) is 31.5 Å². The largest absolute Gasteiger partial charge is 0.469 e. The van der Waals surface area contributed by atoms with Crippen molar-refractivity contribution in [2.75, 3.05) is 11.1 Å². The van der Waals surface area contributed by atoms with Gasteiger partial charge in [0.1, 0.15) is 5.76 Å². The quantitative estimate of drug-likeness (QED) is 0.477. The molecule has 0 unspecified atom stereocenters. The van der Waals surface area contributed by atoms with Gasteiger partial charge in [-0.1, -0.05) is 37.2 Å². The molecule has 0 fully saturated rings. The fourth-order valence-corrected chi connectivity index (χ4v) is 3.65. The Morgan fingerprint density at radius 1 is 1.23 bits per heavy atom. The monoisotopic (exact) mass is 438 g/mol. The van der Waals surface area contributed by atoms with Crippen LogP contribution in [0.25, 0.3) is 11.4 Å². The van der Waals surface area contributed by atoms with Gasteiger partial charge < -0.3 is 14.3 Å². The van der Waals surface area contributed by atoms with Gasteiger partial charge in [0.15, 0.2) is 11.0 Å². The summed E-state index contributed by atoms with van der Waals surface area (Å²) in [4.78, 5) is 12.3. The minimum absolute atomic E-state index is 0.0964. The summed E-state index contributed by atoms with van der Waals surface area (Å²) in [5.41, 5.74) is -0.334. The minimum Gasteiger partial charge on any atom is -0.469 e. The Hall–Kier alpha value is -2.75. The number of hydrogen-bond donors (Lipinski definition) is 1. The molecule has 2 aromatic heterocycles. The van der Waals surface area contributed by atoms with Crippen LogP contribution in [0.3, 0.4) is 0 Å². The van der Waals surface area contributed by atoms with E-state index in [9.17, 15) is 18.0 Å². The summed E-state index contributed by atoms with van der Waals surface area (Å²) in [7, 11) is 0. The number of alkyl halides is 3. The number of halogens is 3. The Labute approximate surface area is 175 Å². The Bertz CT molecular complexity index is 1010. The SMILES string of the molecule is CCCCn1c(SCC(=O)Nc2ccccc2C(F)(F)F)nnc1-c1ccoc1C. The van der Waals surface area contributed by atoms with Gasteiger partial charge in [0, 0.05) is 6.54 Å². The number of aromatic nitrogens is 3. The highest BCUT2D eigenvalue weighted by Gasteiger charge is 2.33. The van der Waals surface area contributed by atoms with Gasteiger partial charge in [0.2, 0.25) is 5.91 Å². The molecule has 0 saturated heterocycles. The first-order chi connectivity index (χ1) is 14.3. The van der Waals surface area contributed by atoms with Crippen LogP contribution in [0.15, 0.2) is 46.2 Å². The van der Waals surface area contributed by atoms with E-state index in [-0.39, 0.29) is 11.4 Å². The molecule has 3 aromatic rings. The molecule has 30 heavy (non-hydrogen) atoms. The van der Waals surface area contributed by atoms with Crippen LogP contribution in [0.1, 0.15) is 31.1 Å². The van der Waals surface area contributed by atoms with Crippen LogP contribution in [0.2, 0.25) is 0 Å². The molecule has 160 valence electrons. The fourth-order valence-electron chi connectivity index (χ4n) is 2.89. The third-order valence-electron chi connectivity index (χ3n) is 4.39. The van der Waals surface area contributed by atoms with Crippen LogP contribution in [0.4, 0.5) is 18.9 Å². The Balaban J connectivity index is 1.74. The van der Waals surface area contributed by atoms with Crippen LogP contribution in [-0.2, 0) is 17.5 Å². The summed E-state index contributed by atoms with van der Waals surface area (Å²) < 4.78 is 46.6. The summed E-state index contributed by atoms with van der Waals surface area (Å²) in [6, 6.07) is 6.69. The smallest absolute Gasteiger partial charge is 0.418 e. The summed E-state index contributed by atoms with van der Waals surface area (Å²) in [6.07, 6.45) is -1.13. The zero-order chi connectivity index (χ0) is 21.7. The highest BCUT2D eigenvalue weighted by atomic mass is 32.2. The van der Waals surface area contributed by atoms with Gasteiger partial charge in [-0.3, -0.25) is 4.79 Å². The molecule has 0 bridgehead atoms. The molecule has 2 heterocycles. The maximum absolute atomic E-state index is 13.1. The lowest BCUT2D eigenvalue weighted by Gasteiger charge is -2.13. The van der Waals surface area contributed by atoms with Crippen molar-refractivity contribution in [3.63, 3.8) is 0 Å². The van der Waals surface area contributed by atoms with Crippen LogP contribution in [0, 0.1) is 6.92 Å². The number of rotatable bonds is 8. The predicted octanol–water partition coefficient (Wildman–Crippen LogP) is 5.40. The van der Waals surface area contributed by atoms with E-state index in [4.69, 9.17) is 4.42 Å². The van der Waals surface area contributed by atoms with E-state index < -0.39 is 17.6 Å². The number of amides is 1. The predicted molar refractivity (Wildman–Crippen MR) is 108 cm³/mol. The second kappa shape index (κ2) is 9.38. The number of nitrogens with one attached hydrogen (secondary N) is 1. The zero-order valence-corrected chi connectivity index (χ0v) is 17.3. The average Bonchev–Trinajstić information content (AvgIpc) is 3.29. The van der Waals surface area contributed by atoms with Crippen molar-refractivity contribution >= 4 is 23.4 Å². The Morgan fingerprint density at radius 3 is 2.67 bits per heavy atom. The first-order valence-corrected chi connectivity index (χ1v) is 10.4. The topological polar surface area (TPSA) is 73.0 Å². The van der Waals surface area contributed by atoms with E-state index in [1.54, 1.807) is 12.3 Å². The molecule has 0 aliphatic rings. The van der Waals surface area contributed by atoms with Gasteiger partial charge in [-0.2, -0.15) is 13.2 Å². The number of aryl methyl sites for hydroxylation is 1. The van der Waals surface area contributed by atoms with Crippen molar-refractivity contribution in [3.8, 4) is 11.4 Å². The molecule has 1 amide bonds. The van der Waals surface area contributed by atoms with Crippen molar-refractivity contribution in [1.29, 1.82) is 0 Å². The molecule has 1 aromatic carbocycles. The number of carbonyl (C=O) groups excluding carboxylic acids is 1. The van der Waals surface area contributed by atoms with Gasteiger partial charge in [0.05, 0.1) is 28.8 Å². The lowest BCUT2D eigenvalue weighted by atomic mass is 10.1. The number of unbranched alkanes of at least 4 members (excludes halogenated alkanes) is 1. The summed E-state index contributed by atoms with van der Waals surface area (Å²) in [6.45, 7) is 4.54. The first-order valence-electron chi connectivity index (χ1n) is 9.37. The van der Waals surface area contributed by atoms with Crippen molar-refractivity contribution in [2.45, 2.75) is 44.6 Å². The number of hydrogen-bond acceptors (Lipinski definition) is 5. The second-order valence-corrected chi connectivity index (χ2v) is 7.52. The molecule has 0 aliphatic heterocycles. The van der Waals surface area contributed by atoms with Gasteiger partial charge in [0.25, 0.3) is 0 Å². The van der Waals surface area contributed by atoms with Crippen molar-refractivity contribution in [2.24, 2.45) is 0 Å². The van der Waals surface area contributed by atoms with Gasteiger partial charge in [-0.25, -0.2) is 0 Å². The van der Waals surface area contributed by atoms with Crippen LogP contribution in [-0.4, -0.2) is 26.4 Å². The van der Waals surface area contributed by atoms with Gasteiger partial charge in [-0.15, -0.1) is 10.2 Å². The molecular formula is C20H21F3N4O2S. The number of nitrogens with zero attached hydrogens (tertiary/aromatic N) is 3. The molecular weight excluding hydrogens is 417 g/mol. The van der Waals surface area contributed by atoms with Crippen molar-refractivity contribution in [3.05, 3.63) is 47.9 Å². The fraction of sp³-hybridized carbons (Fsp3) is 0.350. The molecule has 0 spiro atoms. The van der Waals surface area contributed by atoms with E-state index in [0.717, 1.165) is 36.2 Å². The highest BCUT2D eigenvalue weighted by molar-refractivity contribution is 7.99. The van der Waals surface area contributed by atoms with Crippen LogP contribution >= 0.6 is 11.8 Å². The number of furan rings is 1. The van der Waals surface area contributed by atoms with Crippen LogP contribution < -0.4 is 5.32 Å². The molecule has 3 rings (SSSR count). The number of thioether (sulfide) groups is 1. The molecule has 10 heteroatoms. The number of para-hydroxylation sites is 1. The number of carbonyl (C=O) groups is 1. The molecule has 0 saturated carbocycles. The minimum atomic E-state index is -4.55. The maximum Gasteiger partial charge on any atom is 0.418 e. The van der Waals surface area contributed by atoms with E-state index in [1.807, 2.05) is 11.5 Å². The van der Waals surface area contributed by atoms with Crippen LogP contribution in [0.5, 0.6) is 0 Å². The number of anilines is 1. The molecule has 0 radical (unpaired) electrons. The summed E-state index contributed by atoms with van der Waals surface area (Å²) in [5.74, 6) is 0.696. The van der Waals surface area contributed by atoms with E-state index in [2.05, 4.69) is 22.4 Å². The lowest BCUT2D eigenvalue weighted by molar-refractivity contribution is -0.137. The molecule has 6 nitrogen and oxygen atoms in total. The highest BCUT2D eigenvalue weighted by Crippen LogP contribution is 2.34. The Kier molecular flexibility index (Phi) is 6.86. The van der Waals surface area contributed by atoms with Gasteiger partial charge >= 0.3 is 6.18 Å². The third-order valence-corrected chi connectivity index (χ3v) is 5.36. The van der Waals surface area contributed by atoms with E-state index in [1.165, 1.54) is 18.2 Å². The second-order valence-electron chi connectivity index (χ2n) is 6.58. The van der Waals surface area contributed by atoms with Crippen molar-refractivity contribution < 1.29 is 22.4 Å². The first kappa shape index (κ1) is 21.9. The molecule has 1 N–H and O–H groups in total. The zero-order valence-electron chi connectivity index (χ0n) is 16.5. The summed E-state index contributed by atoms with van der Waals surface area (Å²) >= 11 is 1.13. The van der Waals surface area contributed by atoms with E-state index >= 15 is 0 Å². The summed E-state index contributed by atoms with van der Waals surface area (Å²) in [5, 5.41) is 11.3. The Morgan fingerprint density at radius 2 is 2.00 bits per heavy atom. The third kappa shape index (κ3) is 5.05. The lowest BCUT2D eigenvalue weighted by Crippen LogP contribution is -2.18. The maximum atomic E-state index is 13.1. The normalized spacial score (nSPS) is 11.6. The standard InChI is InChI=1S/C20H21F3N4O2S/c1-3-4-10-27-18(14-9-11-29-13(14)2)25-26-19(27)30-12-17(28)24-16-8-6-5-7-15(16)20(21,22)23/h5-9,11H,3-4,10,12H2,1-2H3,(H,24,28).